The highest BCUT2D eigenvalue weighted by atomic mass is 19.1. The molecule has 6 nitrogen and oxygen atoms in total. The van der Waals surface area contributed by atoms with Gasteiger partial charge >= 0.3 is 11.8 Å². The number of nitro groups is 1. The topological polar surface area (TPSA) is 78.2 Å². The smallest absolute Gasteiger partial charge is 0.419 e. The molecule has 0 unspecified atom stereocenters. The Labute approximate surface area is 101 Å². The molecule has 18 heavy (non-hydrogen) atoms. The molecule has 0 atom stereocenters. The Balaban J connectivity index is 2.07. The fraction of sp³-hybridized carbons (Fsp3) is 0.0909. The van der Waals surface area contributed by atoms with Crippen LogP contribution in [-0.2, 0) is 6.61 Å². The highest BCUT2D eigenvalue weighted by molar-refractivity contribution is 5.20. The molecule has 92 valence electrons. The van der Waals surface area contributed by atoms with E-state index < -0.39 is 16.7 Å². The Kier molecular flexibility index (Phi) is 3.42. The normalized spacial score (nSPS) is 10.1. The molecular weight excluding hydrogens is 241 g/mol. The molecule has 1 aromatic heterocycles. The van der Waals surface area contributed by atoms with Crippen molar-refractivity contribution in [2.75, 3.05) is 0 Å². The average molecular weight is 249 g/mol. The van der Waals surface area contributed by atoms with Crippen LogP contribution in [0.1, 0.15) is 5.56 Å². The largest absolute Gasteiger partial charge is 0.470 e. The second-order valence-electron chi connectivity index (χ2n) is 3.35. The van der Waals surface area contributed by atoms with E-state index >= 15 is 0 Å². The van der Waals surface area contributed by atoms with Crippen molar-refractivity contribution >= 4 is 5.82 Å². The lowest BCUT2D eigenvalue weighted by Gasteiger charge is -2.03. The monoisotopic (exact) mass is 249 g/mol. The van der Waals surface area contributed by atoms with Crippen LogP contribution in [0.15, 0.2) is 36.5 Å². The molecule has 0 bridgehead atoms. The second kappa shape index (κ2) is 5.17. The highest BCUT2D eigenvalue weighted by Crippen LogP contribution is 2.15. The van der Waals surface area contributed by atoms with Crippen molar-refractivity contribution in [1.29, 1.82) is 0 Å². The van der Waals surface area contributed by atoms with E-state index in [9.17, 15) is 14.5 Å². The van der Waals surface area contributed by atoms with Crippen LogP contribution >= 0.6 is 0 Å². The molecule has 1 heterocycles. The molecule has 1 aromatic carbocycles. The van der Waals surface area contributed by atoms with Gasteiger partial charge in [0.05, 0.1) is 0 Å². The summed E-state index contributed by atoms with van der Waals surface area (Å²) in [4.78, 5) is 16.0. The Hall–Kier alpha value is -2.57. The number of benzene rings is 1. The maximum Gasteiger partial charge on any atom is 0.419 e. The van der Waals surface area contributed by atoms with Gasteiger partial charge in [-0.3, -0.25) is 0 Å². The number of ether oxygens (including phenoxy) is 1. The third-order valence-electron chi connectivity index (χ3n) is 2.09. The van der Waals surface area contributed by atoms with Gasteiger partial charge in [0.2, 0.25) is 6.20 Å². The lowest BCUT2D eigenvalue weighted by molar-refractivity contribution is -0.392. The van der Waals surface area contributed by atoms with Gasteiger partial charge in [-0.2, -0.15) is 9.37 Å². The molecule has 0 saturated carbocycles. The van der Waals surface area contributed by atoms with Gasteiger partial charge in [0.15, 0.2) is 0 Å². The van der Waals surface area contributed by atoms with E-state index in [4.69, 9.17) is 4.74 Å². The summed E-state index contributed by atoms with van der Waals surface area (Å²) in [6.07, 6.45) is 1.02. The van der Waals surface area contributed by atoms with Crippen LogP contribution in [0, 0.1) is 16.1 Å². The first kappa shape index (κ1) is 11.9. The summed E-state index contributed by atoms with van der Waals surface area (Å²) in [5.74, 6) is -2.27. The van der Waals surface area contributed by atoms with Crippen molar-refractivity contribution in [3.8, 4) is 5.88 Å². The zero-order valence-corrected chi connectivity index (χ0v) is 9.12. The Bertz CT molecular complexity index is 563. The van der Waals surface area contributed by atoms with Crippen LogP contribution in [0.3, 0.4) is 0 Å². The number of hydrogen-bond acceptors (Lipinski definition) is 5. The van der Waals surface area contributed by atoms with E-state index in [-0.39, 0.29) is 12.5 Å². The highest BCUT2D eigenvalue weighted by Gasteiger charge is 2.18. The summed E-state index contributed by atoms with van der Waals surface area (Å²) >= 11 is 0. The van der Waals surface area contributed by atoms with E-state index in [1.54, 1.807) is 0 Å². The third kappa shape index (κ3) is 2.76. The van der Waals surface area contributed by atoms with E-state index in [1.807, 2.05) is 30.3 Å². The molecule has 0 amide bonds. The lowest BCUT2D eigenvalue weighted by atomic mass is 10.2. The van der Waals surface area contributed by atoms with Gasteiger partial charge in [-0.25, -0.2) is 0 Å². The summed E-state index contributed by atoms with van der Waals surface area (Å²) in [6, 6.07) is 9.18. The zero-order valence-electron chi connectivity index (χ0n) is 9.12. The lowest BCUT2D eigenvalue weighted by Crippen LogP contribution is -2.03. The van der Waals surface area contributed by atoms with E-state index in [0.717, 1.165) is 11.8 Å². The van der Waals surface area contributed by atoms with Crippen molar-refractivity contribution < 1.29 is 14.1 Å². The summed E-state index contributed by atoms with van der Waals surface area (Å²) in [7, 11) is 0. The minimum absolute atomic E-state index is 0.0954. The van der Waals surface area contributed by atoms with Gasteiger partial charge in [-0.05, 0) is 15.5 Å². The summed E-state index contributed by atoms with van der Waals surface area (Å²) in [5.41, 5.74) is 0.873. The van der Waals surface area contributed by atoms with Crippen molar-refractivity contribution in [3.63, 3.8) is 0 Å². The van der Waals surface area contributed by atoms with Gasteiger partial charge in [0.25, 0.3) is 5.88 Å². The maximum absolute atomic E-state index is 13.1. The van der Waals surface area contributed by atoms with Gasteiger partial charge < -0.3 is 14.9 Å². The molecule has 0 aliphatic rings. The van der Waals surface area contributed by atoms with Crippen molar-refractivity contribution in [2.45, 2.75) is 6.61 Å². The first-order chi connectivity index (χ1) is 8.66. The molecule has 7 heteroatoms. The summed E-state index contributed by atoms with van der Waals surface area (Å²) in [5, 5.41) is 10.3. The minimum Gasteiger partial charge on any atom is -0.470 e. The first-order valence-corrected chi connectivity index (χ1v) is 5.00. The number of hydrogen-bond donors (Lipinski definition) is 0. The molecule has 0 N–H and O–H groups in total. The molecule has 0 radical (unpaired) electrons. The molecule has 2 aromatic rings. The van der Waals surface area contributed by atoms with Gasteiger partial charge in [0, 0.05) is 0 Å². The molecule has 0 saturated heterocycles. The van der Waals surface area contributed by atoms with Crippen molar-refractivity contribution in [1.82, 2.24) is 9.97 Å². The predicted molar refractivity (Wildman–Crippen MR) is 59.4 cm³/mol. The second-order valence-corrected chi connectivity index (χ2v) is 3.35. The average Bonchev–Trinajstić information content (AvgIpc) is 2.37. The fourth-order valence-electron chi connectivity index (χ4n) is 1.27. The van der Waals surface area contributed by atoms with Crippen LogP contribution < -0.4 is 4.74 Å². The summed E-state index contributed by atoms with van der Waals surface area (Å²) < 4.78 is 18.3. The molecule has 2 rings (SSSR count). The van der Waals surface area contributed by atoms with Crippen LogP contribution in [-0.4, -0.2) is 14.9 Å². The van der Waals surface area contributed by atoms with E-state index in [0.29, 0.717) is 0 Å². The Morgan fingerprint density at radius 2 is 2.06 bits per heavy atom. The molecule has 0 fully saturated rings. The first-order valence-electron chi connectivity index (χ1n) is 5.00. The van der Waals surface area contributed by atoms with Gasteiger partial charge in [-0.15, -0.1) is 0 Å². The Morgan fingerprint density at radius 1 is 1.33 bits per heavy atom. The number of aromatic nitrogens is 2. The van der Waals surface area contributed by atoms with Crippen molar-refractivity contribution in [3.05, 3.63) is 58.2 Å². The minimum atomic E-state index is -1.26. The molecule has 0 aliphatic heterocycles. The quantitative estimate of drug-likeness (QED) is 0.612. The van der Waals surface area contributed by atoms with Crippen LogP contribution in [0.5, 0.6) is 5.88 Å². The zero-order chi connectivity index (χ0) is 13.0. The van der Waals surface area contributed by atoms with E-state index in [1.165, 1.54) is 0 Å². The fourth-order valence-corrected chi connectivity index (χ4v) is 1.27. The number of rotatable bonds is 4. The standard InChI is InChI=1S/C11H8FN3O3/c12-10-11(15(16)17)13-6-9(14-10)18-7-8-4-2-1-3-5-8/h1-6H,7H2. The summed E-state index contributed by atoms with van der Waals surface area (Å²) in [6.45, 7) is 0.187. The van der Waals surface area contributed by atoms with Crippen molar-refractivity contribution in [2.24, 2.45) is 0 Å². The van der Waals surface area contributed by atoms with Gasteiger partial charge in [-0.1, -0.05) is 30.3 Å². The predicted octanol–water partition coefficient (Wildman–Crippen LogP) is 2.10. The SMILES string of the molecule is O=[N+]([O-])c1ncc(OCc2ccccc2)nc1F. The van der Waals surface area contributed by atoms with Crippen LogP contribution in [0.2, 0.25) is 0 Å². The maximum atomic E-state index is 13.1. The van der Waals surface area contributed by atoms with E-state index in [2.05, 4.69) is 9.97 Å². The third-order valence-corrected chi connectivity index (χ3v) is 2.09. The van der Waals surface area contributed by atoms with Gasteiger partial charge in [0.1, 0.15) is 6.61 Å². The molecule has 0 spiro atoms. The molecule has 0 aliphatic carbocycles. The number of halogens is 1. The number of nitrogens with zero attached hydrogens (tertiary/aromatic N) is 3. The molecular formula is C11H8FN3O3. The van der Waals surface area contributed by atoms with Crippen LogP contribution in [0.25, 0.3) is 0 Å². The Morgan fingerprint density at radius 3 is 2.67 bits per heavy atom. The van der Waals surface area contributed by atoms with Crippen LogP contribution in [0.4, 0.5) is 10.2 Å².